The molecule has 0 bridgehead atoms. The van der Waals surface area contributed by atoms with Crippen molar-refractivity contribution in [3.05, 3.63) is 28.3 Å². The third kappa shape index (κ3) is 5.41. The van der Waals surface area contributed by atoms with E-state index in [2.05, 4.69) is 16.7 Å². The molecule has 3 nitrogen and oxygen atoms in total. The number of benzene rings is 1. The summed E-state index contributed by atoms with van der Waals surface area (Å²) < 4.78 is 0. The highest BCUT2D eigenvalue weighted by Crippen LogP contribution is 2.27. The summed E-state index contributed by atoms with van der Waals surface area (Å²) in [4.78, 5) is 1.74. The molecule has 0 spiro atoms. The Morgan fingerprint density at radius 3 is 2.64 bits per heavy atom. The fraction of sp³-hybridized carbons (Fsp3) is 0.588. The van der Waals surface area contributed by atoms with Gasteiger partial charge in [0.15, 0.2) is 5.11 Å². The Morgan fingerprint density at radius 2 is 1.95 bits per heavy atom. The summed E-state index contributed by atoms with van der Waals surface area (Å²) in [6, 6.07) is 4.07. The van der Waals surface area contributed by atoms with Gasteiger partial charge in [-0.05, 0) is 62.5 Å². The molecule has 1 aliphatic heterocycles. The first-order valence-corrected chi connectivity index (χ1v) is 9.00. The molecule has 3 N–H and O–H groups in total. The highest BCUT2D eigenvalue weighted by molar-refractivity contribution is 7.80. The maximum Gasteiger partial charge on any atom is 0.170 e. The largest absolute Gasteiger partial charge is 0.362 e. The SMILES string of the molecule is Cc1cc(C)c(NC(=S)NCCC[NH+]2CCCCC2)c(Cl)c1. The zero-order valence-corrected chi connectivity index (χ0v) is 15.2. The Morgan fingerprint density at radius 1 is 1.23 bits per heavy atom. The molecule has 0 aromatic heterocycles. The Kier molecular flexibility index (Phi) is 6.93. The van der Waals surface area contributed by atoms with Gasteiger partial charge in [0.1, 0.15) is 0 Å². The lowest BCUT2D eigenvalue weighted by atomic mass is 10.1. The maximum atomic E-state index is 6.29. The molecule has 1 aromatic carbocycles. The summed E-state index contributed by atoms with van der Waals surface area (Å²) >= 11 is 11.7. The van der Waals surface area contributed by atoms with Gasteiger partial charge in [-0.25, -0.2) is 0 Å². The molecule has 1 aromatic rings. The summed E-state index contributed by atoms with van der Waals surface area (Å²) in [5, 5.41) is 7.89. The molecule has 1 saturated heterocycles. The number of nitrogens with one attached hydrogen (secondary N) is 3. The fourth-order valence-electron chi connectivity index (χ4n) is 3.07. The number of quaternary nitrogens is 1. The van der Waals surface area contributed by atoms with Crippen LogP contribution in [0, 0.1) is 13.8 Å². The van der Waals surface area contributed by atoms with Crippen molar-refractivity contribution in [2.75, 3.05) is 31.5 Å². The van der Waals surface area contributed by atoms with Crippen LogP contribution in [0.5, 0.6) is 0 Å². The van der Waals surface area contributed by atoms with Crippen molar-refractivity contribution in [2.24, 2.45) is 0 Å². The van der Waals surface area contributed by atoms with Crippen molar-refractivity contribution in [1.29, 1.82) is 0 Å². The molecular formula is C17H27ClN3S+. The van der Waals surface area contributed by atoms with Crippen molar-refractivity contribution in [1.82, 2.24) is 5.32 Å². The number of halogens is 1. The summed E-state index contributed by atoms with van der Waals surface area (Å²) in [6.07, 6.45) is 5.33. The van der Waals surface area contributed by atoms with Gasteiger partial charge >= 0.3 is 0 Å². The summed E-state index contributed by atoms with van der Waals surface area (Å²) in [5.74, 6) is 0. The standard InChI is InChI=1S/C17H26ClN3S/c1-13-11-14(2)16(15(18)12-13)20-17(22)19-7-6-10-21-8-4-3-5-9-21/h11-12H,3-10H2,1-2H3,(H2,19,20,22)/p+1. The van der Waals surface area contributed by atoms with Gasteiger partial charge in [0.05, 0.1) is 30.3 Å². The predicted octanol–water partition coefficient (Wildman–Crippen LogP) is 2.70. The minimum atomic E-state index is 0.655. The molecule has 2 rings (SSSR count). The molecule has 22 heavy (non-hydrogen) atoms. The van der Waals surface area contributed by atoms with Gasteiger partial charge in [0.2, 0.25) is 0 Å². The minimum absolute atomic E-state index is 0.655. The zero-order valence-electron chi connectivity index (χ0n) is 13.6. The third-order valence-corrected chi connectivity index (χ3v) is 4.77. The number of aryl methyl sites for hydroxylation is 2. The third-order valence-electron chi connectivity index (χ3n) is 4.22. The number of piperidine rings is 1. The van der Waals surface area contributed by atoms with Crippen LogP contribution >= 0.6 is 23.8 Å². The smallest absolute Gasteiger partial charge is 0.170 e. The lowest BCUT2D eigenvalue weighted by Crippen LogP contribution is -3.12. The molecule has 0 unspecified atom stereocenters. The van der Waals surface area contributed by atoms with Gasteiger partial charge in [-0.2, -0.15) is 0 Å². The van der Waals surface area contributed by atoms with Gasteiger partial charge in [-0.1, -0.05) is 17.7 Å². The van der Waals surface area contributed by atoms with Crippen LogP contribution in [0.1, 0.15) is 36.8 Å². The van der Waals surface area contributed by atoms with Crippen molar-refractivity contribution < 1.29 is 4.90 Å². The van der Waals surface area contributed by atoms with Crippen molar-refractivity contribution in [3.8, 4) is 0 Å². The maximum absolute atomic E-state index is 6.29. The van der Waals surface area contributed by atoms with Crippen LogP contribution in [0.4, 0.5) is 5.69 Å². The second-order valence-electron chi connectivity index (χ2n) is 6.23. The lowest BCUT2D eigenvalue weighted by Gasteiger charge is -2.23. The molecule has 1 aliphatic rings. The summed E-state index contributed by atoms with van der Waals surface area (Å²) in [5.41, 5.74) is 3.19. The molecule has 0 atom stereocenters. The zero-order chi connectivity index (χ0) is 15.9. The first-order chi connectivity index (χ1) is 10.6. The van der Waals surface area contributed by atoms with Crippen LogP contribution in [0.3, 0.4) is 0 Å². The second kappa shape index (κ2) is 8.70. The van der Waals surface area contributed by atoms with Crippen LogP contribution in [0.2, 0.25) is 5.02 Å². The summed E-state index contributed by atoms with van der Waals surface area (Å²) in [7, 11) is 0. The van der Waals surface area contributed by atoms with E-state index < -0.39 is 0 Å². The lowest BCUT2D eigenvalue weighted by molar-refractivity contribution is -0.904. The van der Waals surface area contributed by atoms with Gasteiger partial charge in [-0.15, -0.1) is 0 Å². The molecule has 5 heteroatoms. The van der Waals surface area contributed by atoms with E-state index in [1.807, 2.05) is 19.9 Å². The highest BCUT2D eigenvalue weighted by Gasteiger charge is 2.12. The average Bonchev–Trinajstić information content (AvgIpc) is 2.48. The van der Waals surface area contributed by atoms with Gasteiger partial charge in [0, 0.05) is 13.0 Å². The van der Waals surface area contributed by atoms with E-state index in [1.165, 1.54) is 38.9 Å². The number of hydrogen-bond acceptors (Lipinski definition) is 1. The van der Waals surface area contributed by atoms with E-state index in [0.29, 0.717) is 5.11 Å². The van der Waals surface area contributed by atoms with E-state index in [1.54, 1.807) is 4.90 Å². The molecule has 1 fully saturated rings. The van der Waals surface area contributed by atoms with E-state index >= 15 is 0 Å². The van der Waals surface area contributed by atoms with E-state index in [0.717, 1.165) is 34.8 Å². The molecular weight excluding hydrogens is 314 g/mol. The van der Waals surface area contributed by atoms with Crippen LogP contribution in [-0.2, 0) is 0 Å². The number of likely N-dealkylation sites (tertiary alicyclic amines) is 1. The van der Waals surface area contributed by atoms with E-state index in [4.69, 9.17) is 23.8 Å². The van der Waals surface area contributed by atoms with Gasteiger partial charge in [-0.3, -0.25) is 0 Å². The molecule has 0 amide bonds. The molecule has 0 saturated carbocycles. The topological polar surface area (TPSA) is 28.5 Å². The van der Waals surface area contributed by atoms with Crippen molar-refractivity contribution in [2.45, 2.75) is 39.5 Å². The van der Waals surface area contributed by atoms with E-state index in [-0.39, 0.29) is 0 Å². The molecule has 0 aliphatic carbocycles. The first kappa shape index (κ1) is 17.5. The van der Waals surface area contributed by atoms with Gasteiger partial charge in [0.25, 0.3) is 0 Å². The summed E-state index contributed by atoms with van der Waals surface area (Å²) in [6.45, 7) is 8.91. The number of hydrogen-bond donors (Lipinski definition) is 3. The van der Waals surface area contributed by atoms with Crippen LogP contribution in [-0.4, -0.2) is 31.3 Å². The molecule has 122 valence electrons. The predicted molar refractivity (Wildman–Crippen MR) is 99.2 cm³/mol. The Labute approximate surface area is 144 Å². The number of anilines is 1. The monoisotopic (exact) mass is 340 g/mol. The highest BCUT2D eigenvalue weighted by atomic mass is 35.5. The first-order valence-electron chi connectivity index (χ1n) is 8.21. The quantitative estimate of drug-likeness (QED) is 0.568. The molecule has 1 heterocycles. The van der Waals surface area contributed by atoms with Crippen LogP contribution < -0.4 is 15.5 Å². The minimum Gasteiger partial charge on any atom is -0.362 e. The van der Waals surface area contributed by atoms with Crippen molar-refractivity contribution >= 4 is 34.6 Å². The number of thiocarbonyl (C=S) groups is 1. The molecule has 0 radical (unpaired) electrons. The van der Waals surface area contributed by atoms with E-state index in [9.17, 15) is 0 Å². The normalized spacial score (nSPS) is 15.6. The number of rotatable bonds is 5. The second-order valence-corrected chi connectivity index (χ2v) is 7.05. The van der Waals surface area contributed by atoms with Gasteiger partial charge < -0.3 is 15.5 Å². The fourth-order valence-corrected chi connectivity index (χ4v) is 3.65. The Balaban J connectivity index is 1.71. The van der Waals surface area contributed by atoms with Crippen molar-refractivity contribution in [3.63, 3.8) is 0 Å². The van der Waals surface area contributed by atoms with Crippen LogP contribution in [0.25, 0.3) is 0 Å². The Bertz CT molecular complexity index is 490. The Hall–Kier alpha value is -0.840. The van der Waals surface area contributed by atoms with Crippen LogP contribution in [0.15, 0.2) is 12.1 Å². The average molecular weight is 341 g/mol.